The monoisotopic (exact) mass is 358 g/mol. The molecule has 1 fully saturated rings. The number of rotatable bonds is 3. The Hall–Kier alpha value is -1.96. The van der Waals surface area contributed by atoms with E-state index in [9.17, 15) is 5.11 Å². The van der Waals surface area contributed by atoms with Crippen LogP contribution in [0.15, 0.2) is 30.3 Å². The van der Waals surface area contributed by atoms with Crippen molar-refractivity contribution >= 4 is 16.3 Å². The molecule has 0 radical (unpaired) electrons. The Labute approximate surface area is 150 Å². The second kappa shape index (κ2) is 6.40. The number of aromatic nitrogens is 3. The molecule has 1 N–H and O–H groups in total. The molecule has 1 aliphatic heterocycles. The van der Waals surface area contributed by atoms with Crippen LogP contribution in [-0.4, -0.2) is 49.9 Å². The first-order valence-corrected chi connectivity index (χ1v) is 9.34. The van der Waals surface area contributed by atoms with E-state index in [-0.39, 0.29) is 24.1 Å². The summed E-state index contributed by atoms with van der Waals surface area (Å²) in [6, 6.07) is 10.3. The fraction of sp³-hybridized carbons (Fsp3) is 0.444. The highest BCUT2D eigenvalue weighted by Gasteiger charge is 2.33. The molecule has 132 valence electrons. The summed E-state index contributed by atoms with van der Waals surface area (Å²) in [6.07, 6.45) is 0.308. The summed E-state index contributed by atoms with van der Waals surface area (Å²) >= 11 is 1.50. The van der Waals surface area contributed by atoms with E-state index in [2.05, 4.69) is 41.0 Å². The number of nitrogens with zero attached hydrogens (tertiary/aromatic N) is 4. The SMILES string of the molecule is Cc1nc2sc([C@@H](c3ccccc3)N3C[C@@H](C)O[C@H](C)C3)c(O)n2n1. The molecule has 3 aromatic rings. The predicted molar refractivity (Wildman–Crippen MR) is 97.1 cm³/mol. The normalized spacial score (nSPS) is 23.2. The molecule has 1 aliphatic rings. The topological polar surface area (TPSA) is 62.9 Å². The van der Waals surface area contributed by atoms with Crippen LogP contribution >= 0.6 is 11.3 Å². The predicted octanol–water partition coefficient (Wildman–Crippen LogP) is 3.00. The lowest BCUT2D eigenvalue weighted by molar-refractivity contribution is -0.0764. The van der Waals surface area contributed by atoms with Crippen LogP contribution < -0.4 is 0 Å². The van der Waals surface area contributed by atoms with Gasteiger partial charge in [-0.2, -0.15) is 4.52 Å². The van der Waals surface area contributed by atoms with Crippen molar-refractivity contribution < 1.29 is 9.84 Å². The third-order valence-corrected chi connectivity index (χ3v) is 5.55. The van der Waals surface area contributed by atoms with E-state index < -0.39 is 0 Å². The lowest BCUT2D eigenvalue weighted by Gasteiger charge is -2.40. The third-order valence-electron chi connectivity index (χ3n) is 4.48. The Kier molecular flexibility index (Phi) is 4.23. The zero-order valence-electron chi connectivity index (χ0n) is 14.6. The maximum atomic E-state index is 10.8. The van der Waals surface area contributed by atoms with Gasteiger partial charge in [0.1, 0.15) is 5.82 Å². The highest BCUT2D eigenvalue weighted by Crippen LogP contribution is 2.40. The number of hydrogen-bond donors (Lipinski definition) is 1. The highest BCUT2D eigenvalue weighted by molar-refractivity contribution is 7.17. The molecular formula is C18H22N4O2S. The number of morpholine rings is 1. The Bertz CT molecular complexity index is 866. The molecule has 0 bridgehead atoms. The summed E-state index contributed by atoms with van der Waals surface area (Å²) in [7, 11) is 0. The van der Waals surface area contributed by atoms with Crippen molar-refractivity contribution in [2.75, 3.05) is 13.1 Å². The van der Waals surface area contributed by atoms with E-state index in [1.54, 1.807) is 4.52 Å². The summed E-state index contributed by atoms with van der Waals surface area (Å²) < 4.78 is 7.44. The summed E-state index contributed by atoms with van der Waals surface area (Å²) in [4.78, 5) is 8.39. The molecular weight excluding hydrogens is 336 g/mol. The molecule has 25 heavy (non-hydrogen) atoms. The summed E-state index contributed by atoms with van der Waals surface area (Å²) in [5.74, 6) is 0.847. The second-order valence-electron chi connectivity index (χ2n) is 6.67. The molecule has 0 amide bonds. The number of hydrogen-bond acceptors (Lipinski definition) is 6. The van der Waals surface area contributed by atoms with Crippen molar-refractivity contribution in [1.82, 2.24) is 19.5 Å². The molecule has 0 saturated carbocycles. The van der Waals surface area contributed by atoms with E-state index in [0.717, 1.165) is 28.5 Å². The van der Waals surface area contributed by atoms with Crippen molar-refractivity contribution in [2.45, 2.75) is 39.0 Å². The first-order valence-electron chi connectivity index (χ1n) is 8.52. The molecule has 0 aliphatic carbocycles. The Morgan fingerprint density at radius 2 is 1.88 bits per heavy atom. The zero-order valence-corrected chi connectivity index (χ0v) is 15.4. The average Bonchev–Trinajstić information content (AvgIpc) is 3.06. The maximum absolute atomic E-state index is 10.8. The molecule has 0 spiro atoms. The van der Waals surface area contributed by atoms with Gasteiger partial charge in [-0.3, -0.25) is 4.90 Å². The molecule has 1 aromatic carbocycles. The molecule has 2 aromatic heterocycles. The van der Waals surface area contributed by atoms with Crippen molar-refractivity contribution in [3.05, 3.63) is 46.6 Å². The second-order valence-corrected chi connectivity index (χ2v) is 7.68. The van der Waals surface area contributed by atoms with Crippen LogP contribution in [0.1, 0.15) is 36.2 Å². The van der Waals surface area contributed by atoms with E-state index in [1.165, 1.54) is 11.3 Å². The Morgan fingerprint density at radius 3 is 2.52 bits per heavy atom. The van der Waals surface area contributed by atoms with Gasteiger partial charge in [0.25, 0.3) is 0 Å². The lowest BCUT2D eigenvalue weighted by atomic mass is 10.0. The third kappa shape index (κ3) is 3.03. The van der Waals surface area contributed by atoms with Crippen LogP contribution in [0.3, 0.4) is 0 Å². The number of benzene rings is 1. The van der Waals surface area contributed by atoms with Gasteiger partial charge in [-0.05, 0) is 26.3 Å². The Balaban J connectivity index is 1.82. The molecule has 3 heterocycles. The van der Waals surface area contributed by atoms with Crippen molar-refractivity contribution in [2.24, 2.45) is 0 Å². The minimum absolute atomic E-state index is 0.0381. The number of aryl methyl sites for hydroxylation is 1. The van der Waals surface area contributed by atoms with Gasteiger partial charge in [0, 0.05) is 13.1 Å². The van der Waals surface area contributed by atoms with Gasteiger partial charge in [-0.25, -0.2) is 4.98 Å². The number of thiazole rings is 1. The van der Waals surface area contributed by atoms with Crippen LogP contribution in [0, 0.1) is 6.92 Å². The van der Waals surface area contributed by atoms with E-state index >= 15 is 0 Å². The van der Waals surface area contributed by atoms with E-state index in [1.807, 2.05) is 25.1 Å². The fourth-order valence-electron chi connectivity index (χ4n) is 3.62. The summed E-state index contributed by atoms with van der Waals surface area (Å²) in [5.41, 5.74) is 1.15. The quantitative estimate of drug-likeness (QED) is 0.780. The summed E-state index contributed by atoms with van der Waals surface area (Å²) in [6.45, 7) is 7.65. The van der Waals surface area contributed by atoms with Gasteiger partial charge >= 0.3 is 0 Å². The summed E-state index contributed by atoms with van der Waals surface area (Å²) in [5, 5.41) is 15.1. The van der Waals surface area contributed by atoms with Crippen LogP contribution in [0.25, 0.3) is 4.96 Å². The lowest BCUT2D eigenvalue weighted by Crippen LogP contribution is -2.47. The minimum Gasteiger partial charge on any atom is -0.492 e. The van der Waals surface area contributed by atoms with Gasteiger partial charge in [-0.15, -0.1) is 5.10 Å². The van der Waals surface area contributed by atoms with Gasteiger partial charge in [0.05, 0.1) is 23.1 Å². The maximum Gasteiger partial charge on any atom is 0.230 e. The fourth-order valence-corrected chi connectivity index (χ4v) is 4.78. The molecule has 4 rings (SSSR count). The molecule has 0 unspecified atom stereocenters. The number of aromatic hydroxyl groups is 1. The molecule has 6 nitrogen and oxygen atoms in total. The van der Waals surface area contributed by atoms with E-state index in [0.29, 0.717) is 5.82 Å². The van der Waals surface area contributed by atoms with Crippen LogP contribution in [0.4, 0.5) is 0 Å². The molecule has 1 saturated heterocycles. The van der Waals surface area contributed by atoms with Crippen molar-refractivity contribution in [3.63, 3.8) is 0 Å². The van der Waals surface area contributed by atoms with Gasteiger partial charge < -0.3 is 9.84 Å². The largest absolute Gasteiger partial charge is 0.492 e. The highest BCUT2D eigenvalue weighted by atomic mass is 32.1. The van der Waals surface area contributed by atoms with Crippen molar-refractivity contribution in [1.29, 1.82) is 0 Å². The van der Waals surface area contributed by atoms with Gasteiger partial charge in [0.15, 0.2) is 0 Å². The number of fused-ring (bicyclic) bond motifs is 1. The van der Waals surface area contributed by atoms with Crippen molar-refractivity contribution in [3.8, 4) is 5.88 Å². The van der Waals surface area contributed by atoms with Crippen LogP contribution in [0.2, 0.25) is 0 Å². The van der Waals surface area contributed by atoms with Gasteiger partial charge in [-0.1, -0.05) is 41.7 Å². The average molecular weight is 358 g/mol. The first kappa shape index (κ1) is 16.5. The molecule has 3 atom stereocenters. The Morgan fingerprint density at radius 1 is 1.20 bits per heavy atom. The van der Waals surface area contributed by atoms with E-state index in [4.69, 9.17) is 4.74 Å². The van der Waals surface area contributed by atoms with Gasteiger partial charge in [0.2, 0.25) is 10.8 Å². The first-order chi connectivity index (χ1) is 12.0. The van der Waals surface area contributed by atoms with Crippen LogP contribution in [0.5, 0.6) is 5.88 Å². The standard InChI is InChI=1S/C18H22N4O2S/c1-11-9-21(10-12(2)24-11)15(14-7-5-4-6-8-14)16-17(23)22-18(25-16)19-13(3)20-22/h4-8,11-12,15,23H,9-10H2,1-3H3/t11-,12-,15-/m1/s1. The molecule has 7 heteroatoms. The smallest absolute Gasteiger partial charge is 0.230 e. The number of ether oxygens (including phenoxy) is 1. The van der Waals surface area contributed by atoms with Crippen LogP contribution in [-0.2, 0) is 4.74 Å². The zero-order chi connectivity index (χ0) is 17.6. The minimum atomic E-state index is -0.0381.